The second-order valence-electron chi connectivity index (χ2n) is 8.41. The van der Waals surface area contributed by atoms with E-state index >= 15 is 0 Å². The van der Waals surface area contributed by atoms with Crippen molar-refractivity contribution >= 4 is 17.4 Å². The Hall–Kier alpha value is -3.85. The third-order valence-corrected chi connectivity index (χ3v) is 5.93. The zero-order valence-electron chi connectivity index (χ0n) is 19.2. The summed E-state index contributed by atoms with van der Waals surface area (Å²) < 4.78 is 16.5. The van der Waals surface area contributed by atoms with Crippen molar-refractivity contribution in [2.75, 3.05) is 50.2 Å². The topological polar surface area (TPSA) is 89.1 Å². The van der Waals surface area contributed by atoms with Gasteiger partial charge in [0.2, 0.25) is 6.79 Å². The zero-order chi connectivity index (χ0) is 23.5. The number of likely N-dealkylation sites (N-methyl/N-ethyl adjacent to an activating group) is 1. The van der Waals surface area contributed by atoms with Crippen LogP contribution in [0.25, 0.3) is 11.3 Å². The number of ether oxygens (including phenoxy) is 3. The second-order valence-corrected chi connectivity index (χ2v) is 8.41. The number of benzene rings is 2. The SMILES string of the molecule is CC(Oc1ccc2c(c1)OCO2)C(=O)Nc1cccc(-c2ccc(N3CCN(C)CC3)nn2)c1. The Morgan fingerprint density at radius 1 is 1.00 bits per heavy atom. The van der Waals surface area contributed by atoms with E-state index in [4.69, 9.17) is 14.2 Å². The predicted octanol–water partition coefficient (Wildman–Crippen LogP) is 3.03. The van der Waals surface area contributed by atoms with Crippen LogP contribution in [-0.2, 0) is 4.79 Å². The number of fused-ring (bicyclic) bond motifs is 1. The molecule has 9 heteroatoms. The van der Waals surface area contributed by atoms with E-state index in [1.165, 1.54) is 0 Å². The van der Waals surface area contributed by atoms with Crippen LogP contribution in [-0.4, -0.2) is 67.1 Å². The standard InChI is InChI=1S/C25H27N5O4/c1-17(34-20-6-8-22-23(15-20)33-16-32-22)25(31)26-19-5-3-4-18(14-19)21-7-9-24(28-27-21)30-12-10-29(2)11-13-30/h3-9,14-15,17H,10-13,16H2,1-2H3,(H,26,31). The largest absolute Gasteiger partial charge is 0.481 e. The van der Waals surface area contributed by atoms with E-state index in [1.54, 1.807) is 25.1 Å². The Morgan fingerprint density at radius 3 is 2.62 bits per heavy atom. The Morgan fingerprint density at radius 2 is 1.82 bits per heavy atom. The molecule has 1 aromatic heterocycles. The molecule has 0 bridgehead atoms. The molecule has 0 aliphatic carbocycles. The normalized spacial score (nSPS) is 16.2. The van der Waals surface area contributed by atoms with Gasteiger partial charge in [-0.05, 0) is 50.4 Å². The average Bonchev–Trinajstić information content (AvgIpc) is 3.33. The highest BCUT2D eigenvalue weighted by Crippen LogP contribution is 2.35. The number of nitrogens with one attached hydrogen (secondary N) is 1. The van der Waals surface area contributed by atoms with Gasteiger partial charge in [0.15, 0.2) is 23.4 Å². The molecule has 34 heavy (non-hydrogen) atoms. The summed E-state index contributed by atoms with van der Waals surface area (Å²) in [5.74, 6) is 2.44. The molecule has 176 valence electrons. The van der Waals surface area contributed by atoms with Gasteiger partial charge in [0.25, 0.3) is 5.91 Å². The van der Waals surface area contributed by atoms with E-state index in [0.717, 1.165) is 43.3 Å². The quantitative estimate of drug-likeness (QED) is 0.599. The van der Waals surface area contributed by atoms with Crippen molar-refractivity contribution in [3.8, 4) is 28.5 Å². The Bertz CT molecular complexity index is 1160. The minimum atomic E-state index is -0.702. The summed E-state index contributed by atoms with van der Waals surface area (Å²) in [6.07, 6.45) is -0.702. The van der Waals surface area contributed by atoms with Gasteiger partial charge in [-0.1, -0.05) is 12.1 Å². The van der Waals surface area contributed by atoms with Gasteiger partial charge in [-0.3, -0.25) is 4.79 Å². The van der Waals surface area contributed by atoms with Gasteiger partial charge in [-0.15, -0.1) is 10.2 Å². The van der Waals surface area contributed by atoms with Crippen LogP contribution in [0.3, 0.4) is 0 Å². The van der Waals surface area contributed by atoms with Crippen molar-refractivity contribution in [3.05, 3.63) is 54.6 Å². The molecule has 0 spiro atoms. The average molecular weight is 462 g/mol. The number of hydrogen-bond acceptors (Lipinski definition) is 8. The molecule has 2 aliphatic rings. The molecule has 2 aliphatic heterocycles. The highest BCUT2D eigenvalue weighted by atomic mass is 16.7. The highest BCUT2D eigenvalue weighted by Gasteiger charge is 2.19. The van der Waals surface area contributed by atoms with E-state index in [2.05, 4.69) is 32.4 Å². The smallest absolute Gasteiger partial charge is 0.265 e. The molecular weight excluding hydrogens is 434 g/mol. The number of nitrogens with zero attached hydrogens (tertiary/aromatic N) is 4. The molecule has 2 aromatic carbocycles. The minimum Gasteiger partial charge on any atom is -0.481 e. The fourth-order valence-corrected chi connectivity index (χ4v) is 3.89. The first-order valence-electron chi connectivity index (χ1n) is 11.3. The monoisotopic (exact) mass is 461 g/mol. The maximum atomic E-state index is 12.7. The molecule has 1 N–H and O–H groups in total. The summed E-state index contributed by atoms with van der Waals surface area (Å²) in [5.41, 5.74) is 2.28. The Labute approximate surface area is 198 Å². The lowest BCUT2D eigenvalue weighted by molar-refractivity contribution is -0.122. The minimum absolute atomic E-state index is 0.189. The van der Waals surface area contributed by atoms with Crippen LogP contribution in [0.2, 0.25) is 0 Å². The first-order valence-corrected chi connectivity index (χ1v) is 11.3. The molecule has 5 rings (SSSR count). The van der Waals surface area contributed by atoms with E-state index in [1.807, 2.05) is 36.4 Å². The van der Waals surface area contributed by atoms with Gasteiger partial charge in [-0.2, -0.15) is 0 Å². The molecule has 1 atom stereocenters. The van der Waals surface area contributed by atoms with E-state index in [-0.39, 0.29) is 12.7 Å². The summed E-state index contributed by atoms with van der Waals surface area (Å²) in [6, 6.07) is 16.7. The summed E-state index contributed by atoms with van der Waals surface area (Å²) in [4.78, 5) is 17.3. The highest BCUT2D eigenvalue weighted by molar-refractivity contribution is 5.94. The lowest BCUT2D eigenvalue weighted by Crippen LogP contribution is -2.44. The van der Waals surface area contributed by atoms with Gasteiger partial charge >= 0.3 is 0 Å². The number of amides is 1. The molecular formula is C25H27N5O4. The maximum absolute atomic E-state index is 12.7. The maximum Gasteiger partial charge on any atom is 0.265 e. The first kappa shape index (κ1) is 22.0. The third-order valence-electron chi connectivity index (χ3n) is 5.93. The van der Waals surface area contributed by atoms with Gasteiger partial charge in [0.1, 0.15) is 5.75 Å². The summed E-state index contributed by atoms with van der Waals surface area (Å²) in [5, 5.41) is 11.8. The lowest BCUT2D eigenvalue weighted by Gasteiger charge is -2.32. The fraction of sp³-hybridized carbons (Fsp3) is 0.320. The van der Waals surface area contributed by atoms with Crippen molar-refractivity contribution in [2.45, 2.75) is 13.0 Å². The van der Waals surface area contributed by atoms with Crippen LogP contribution in [0.5, 0.6) is 17.2 Å². The van der Waals surface area contributed by atoms with Crippen LogP contribution in [0.4, 0.5) is 11.5 Å². The molecule has 9 nitrogen and oxygen atoms in total. The van der Waals surface area contributed by atoms with E-state index < -0.39 is 6.10 Å². The van der Waals surface area contributed by atoms with Gasteiger partial charge in [0.05, 0.1) is 5.69 Å². The van der Waals surface area contributed by atoms with Gasteiger partial charge < -0.3 is 29.3 Å². The number of carbonyl (C=O) groups is 1. The van der Waals surface area contributed by atoms with Crippen LogP contribution >= 0.6 is 0 Å². The molecule has 0 radical (unpaired) electrons. The van der Waals surface area contributed by atoms with E-state index in [0.29, 0.717) is 22.9 Å². The number of hydrogen-bond donors (Lipinski definition) is 1. The van der Waals surface area contributed by atoms with Gasteiger partial charge in [-0.25, -0.2) is 0 Å². The molecule has 1 saturated heterocycles. The Balaban J connectivity index is 1.22. The van der Waals surface area contributed by atoms with Crippen molar-refractivity contribution < 1.29 is 19.0 Å². The van der Waals surface area contributed by atoms with Crippen LogP contribution < -0.4 is 24.4 Å². The fourth-order valence-electron chi connectivity index (χ4n) is 3.89. The second kappa shape index (κ2) is 9.56. The van der Waals surface area contributed by atoms with Crippen LogP contribution in [0.1, 0.15) is 6.92 Å². The number of rotatable bonds is 6. The van der Waals surface area contributed by atoms with Crippen LogP contribution in [0, 0.1) is 0 Å². The summed E-state index contributed by atoms with van der Waals surface area (Å²) >= 11 is 0. The lowest BCUT2D eigenvalue weighted by atomic mass is 10.1. The Kier molecular flexibility index (Phi) is 6.18. The summed E-state index contributed by atoms with van der Waals surface area (Å²) in [7, 11) is 2.13. The van der Waals surface area contributed by atoms with Gasteiger partial charge in [0, 0.05) is 43.5 Å². The molecule has 1 amide bonds. The zero-order valence-corrected chi connectivity index (χ0v) is 19.2. The molecule has 3 heterocycles. The molecule has 1 unspecified atom stereocenters. The number of aromatic nitrogens is 2. The summed E-state index contributed by atoms with van der Waals surface area (Å²) in [6.45, 7) is 5.81. The number of anilines is 2. The number of piperazine rings is 1. The van der Waals surface area contributed by atoms with Crippen molar-refractivity contribution in [1.29, 1.82) is 0 Å². The van der Waals surface area contributed by atoms with Crippen molar-refractivity contribution in [1.82, 2.24) is 15.1 Å². The molecule has 0 saturated carbocycles. The molecule has 1 fully saturated rings. The number of carbonyl (C=O) groups excluding carboxylic acids is 1. The van der Waals surface area contributed by atoms with Crippen molar-refractivity contribution in [2.24, 2.45) is 0 Å². The van der Waals surface area contributed by atoms with E-state index in [9.17, 15) is 4.79 Å². The predicted molar refractivity (Wildman–Crippen MR) is 128 cm³/mol. The first-order chi connectivity index (χ1) is 16.5. The van der Waals surface area contributed by atoms with Crippen LogP contribution in [0.15, 0.2) is 54.6 Å². The molecule has 3 aromatic rings. The third kappa shape index (κ3) is 4.89. The van der Waals surface area contributed by atoms with Crippen molar-refractivity contribution in [3.63, 3.8) is 0 Å².